The molecule has 1 aliphatic rings. The highest BCUT2D eigenvalue weighted by Crippen LogP contribution is 2.25. The minimum Gasteiger partial charge on any atom is -0.469 e. The summed E-state index contributed by atoms with van der Waals surface area (Å²) in [4.78, 5) is 11.6. The Morgan fingerprint density at radius 2 is 1.95 bits per heavy atom. The first kappa shape index (κ1) is 13.9. The highest BCUT2D eigenvalue weighted by Gasteiger charge is 2.28. The van der Waals surface area contributed by atoms with E-state index in [-0.39, 0.29) is 5.97 Å². The molecule has 0 heterocycles. The minimum atomic E-state index is -0.509. The van der Waals surface area contributed by atoms with Crippen LogP contribution in [0, 0.1) is 5.41 Å². The van der Waals surface area contributed by atoms with Gasteiger partial charge in [-0.05, 0) is 62.8 Å². The van der Waals surface area contributed by atoms with Crippen molar-refractivity contribution in [3.05, 3.63) is 29.3 Å². The van der Waals surface area contributed by atoms with Crippen molar-refractivity contribution in [2.75, 3.05) is 19.0 Å². The van der Waals surface area contributed by atoms with Crippen LogP contribution in [-0.4, -0.2) is 19.6 Å². The minimum absolute atomic E-state index is 0.182. The van der Waals surface area contributed by atoms with Gasteiger partial charge >= 0.3 is 5.97 Å². The SMILES string of the molecule is COC(=O)C(C)(C)CNc1ccc2c(c1)CCCC2. The summed E-state index contributed by atoms with van der Waals surface area (Å²) in [6, 6.07) is 6.54. The summed E-state index contributed by atoms with van der Waals surface area (Å²) < 4.78 is 4.82. The fraction of sp³-hybridized carbons (Fsp3) is 0.562. The van der Waals surface area contributed by atoms with Crippen molar-refractivity contribution in [3.8, 4) is 0 Å². The summed E-state index contributed by atoms with van der Waals surface area (Å²) in [5, 5.41) is 3.35. The third-order valence-corrected chi connectivity index (χ3v) is 3.82. The predicted molar refractivity (Wildman–Crippen MR) is 77.4 cm³/mol. The van der Waals surface area contributed by atoms with Gasteiger partial charge in [0.25, 0.3) is 0 Å². The largest absolute Gasteiger partial charge is 0.469 e. The quantitative estimate of drug-likeness (QED) is 0.846. The van der Waals surface area contributed by atoms with Crippen LogP contribution in [0.25, 0.3) is 0 Å². The van der Waals surface area contributed by atoms with Crippen LogP contribution in [0.1, 0.15) is 37.8 Å². The van der Waals surface area contributed by atoms with E-state index in [9.17, 15) is 4.79 Å². The molecule has 0 fully saturated rings. The zero-order valence-electron chi connectivity index (χ0n) is 12.1. The number of rotatable bonds is 4. The lowest BCUT2D eigenvalue weighted by atomic mass is 9.91. The van der Waals surface area contributed by atoms with Crippen LogP contribution in [0.3, 0.4) is 0 Å². The smallest absolute Gasteiger partial charge is 0.313 e. The lowest BCUT2D eigenvalue weighted by molar-refractivity contribution is -0.149. The van der Waals surface area contributed by atoms with Gasteiger partial charge in [0.1, 0.15) is 0 Å². The Bertz CT molecular complexity index is 466. The normalized spacial score (nSPS) is 14.7. The highest BCUT2D eigenvalue weighted by atomic mass is 16.5. The van der Waals surface area contributed by atoms with Gasteiger partial charge < -0.3 is 10.1 Å². The fourth-order valence-corrected chi connectivity index (χ4v) is 2.51. The van der Waals surface area contributed by atoms with E-state index < -0.39 is 5.41 Å². The van der Waals surface area contributed by atoms with E-state index in [0.29, 0.717) is 6.54 Å². The summed E-state index contributed by atoms with van der Waals surface area (Å²) in [5.74, 6) is -0.182. The van der Waals surface area contributed by atoms with E-state index in [2.05, 4.69) is 23.5 Å². The number of hydrogen-bond donors (Lipinski definition) is 1. The molecule has 19 heavy (non-hydrogen) atoms. The molecule has 3 heteroatoms. The maximum absolute atomic E-state index is 11.6. The molecule has 1 aromatic carbocycles. The average molecular weight is 261 g/mol. The molecule has 0 amide bonds. The van der Waals surface area contributed by atoms with Gasteiger partial charge in [-0.3, -0.25) is 4.79 Å². The molecule has 104 valence electrons. The molecule has 1 aliphatic carbocycles. The Kier molecular flexibility index (Phi) is 4.13. The molecule has 0 saturated heterocycles. The first-order chi connectivity index (χ1) is 9.03. The first-order valence-electron chi connectivity index (χ1n) is 6.97. The molecule has 0 aromatic heterocycles. The molecule has 0 saturated carbocycles. The third-order valence-electron chi connectivity index (χ3n) is 3.82. The van der Waals surface area contributed by atoms with Crippen molar-refractivity contribution < 1.29 is 9.53 Å². The molecule has 0 bridgehead atoms. The number of carbonyl (C=O) groups is 1. The van der Waals surface area contributed by atoms with Crippen molar-refractivity contribution in [1.29, 1.82) is 0 Å². The van der Waals surface area contributed by atoms with Crippen LogP contribution in [-0.2, 0) is 22.4 Å². The molecular weight excluding hydrogens is 238 g/mol. The molecule has 0 spiro atoms. The standard InChI is InChI=1S/C16H23NO2/c1-16(2,15(18)19-3)11-17-14-9-8-12-6-4-5-7-13(12)10-14/h8-10,17H,4-7,11H2,1-3H3. The Morgan fingerprint density at radius 3 is 2.63 bits per heavy atom. The number of methoxy groups -OCH3 is 1. The number of benzene rings is 1. The molecular formula is C16H23NO2. The fourth-order valence-electron chi connectivity index (χ4n) is 2.51. The van der Waals surface area contributed by atoms with Crippen molar-refractivity contribution in [3.63, 3.8) is 0 Å². The molecule has 3 nitrogen and oxygen atoms in total. The van der Waals surface area contributed by atoms with Crippen molar-refractivity contribution in [1.82, 2.24) is 0 Å². The molecule has 1 N–H and O–H groups in total. The summed E-state index contributed by atoms with van der Waals surface area (Å²) in [7, 11) is 1.43. The van der Waals surface area contributed by atoms with Gasteiger partial charge in [0.05, 0.1) is 12.5 Å². The van der Waals surface area contributed by atoms with E-state index in [1.165, 1.54) is 43.9 Å². The number of ether oxygens (including phenoxy) is 1. The van der Waals surface area contributed by atoms with Crippen molar-refractivity contribution in [2.45, 2.75) is 39.5 Å². The molecule has 0 atom stereocenters. The molecule has 0 aliphatic heterocycles. The zero-order chi connectivity index (χ0) is 13.9. The number of anilines is 1. The van der Waals surface area contributed by atoms with Crippen LogP contribution in [0.5, 0.6) is 0 Å². The van der Waals surface area contributed by atoms with E-state index >= 15 is 0 Å². The second-order valence-corrected chi connectivity index (χ2v) is 5.92. The lowest BCUT2D eigenvalue weighted by Gasteiger charge is -2.23. The van der Waals surface area contributed by atoms with Gasteiger partial charge in [-0.25, -0.2) is 0 Å². The maximum Gasteiger partial charge on any atom is 0.313 e. The summed E-state index contributed by atoms with van der Waals surface area (Å²) >= 11 is 0. The average Bonchev–Trinajstić information content (AvgIpc) is 2.44. The monoisotopic (exact) mass is 261 g/mol. The number of esters is 1. The number of carbonyl (C=O) groups excluding carboxylic acids is 1. The lowest BCUT2D eigenvalue weighted by Crippen LogP contribution is -2.33. The molecule has 0 radical (unpaired) electrons. The van der Waals surface area contributed by atoms with Crippen LogP contribution < -0.4 is 5.32 Å². The Labute approximate surface area is 115 Å². The predicted octanol–water partition coefficient (Wildman–Crippen LogP) is 3.18. The maximum atomic E-state index is 11.6. The third kappa shape index (κ3) is 3.28. The van der Waals surface area contributed by atoms with E-state index in [1.807, 2.05) is 13.8 Å². The van der Waals surface area contributed by atoms with Gasteiger partial charge in [0, 0.05) is 12.2 Å². The van der Waals surface area contributed by atoms with E-state index in [1.54, 1.807) is 0 Å². The van der Waals surface area contributed by atoms with Crippen molar-refractivity contribution >= 4 is 11.7 Å². The summed E-state index contributed by atoms with van der Waals surface area (Å²) in [6.07, 6.45) is 4.95. The van der Waals surface area contributed by atoms with Crippen molar-refractivity contribution in [2.24, 2.45) is 5.41 Å². The van der Waals surface area contributed by atoms with Crippen LogP contribution in [0.2, 0.25) is 0 Å². The van der Waals surface area contributed by atoms with E-state index in [4.69, 9.17) is 4.74 Å². The van der Waals surface area contributed by atoms with Crippen LogP contribution >= 0.6 is 0 Å². The Balaban J connectivity index is 2.02. The van der Waals surface area contributed by atoms with Gasteiger partial charge in [-0.2, -0.15) is 0 Å². The van der Waals surface area contributed by atoms with Gasteiger partial charge in [-0.15, -0.1) is 0 Å². The van der Waals surface area contributed by atoms with Gasteiger partial charge in [0.15, 0.2) is 0 Å². The van der Waals surface area contributed by atoms with Crippen LogP contribution in [0.15, 0.2) is 18.2 Å². The number of hydrogen-bond acceptors (Lipinski definition) is 3. The summed E-state index contributed by atoms with van der Waals surface area (Å²) in [6.45, 7) is 4.37. The second-order valence-electron chi connectivity index (χ2n) is 5.92. The van der Waals surface area contributed by atoms with Gasteiger partial charge in [0.2, 0.25) is 0 Å². The molecule has 2 rings (SSSR count). The Hall–Kier alpha value is -1.51. The van der Waals surface area contributed by atoms with E-state index in [0.717, 1.165) is 5.69 Å². The topological polar surface area (TPSA) is 38.3 Å². The number of fused-ring (bicyclic) bond motifs is 1. The summed E-state index contributed by atoms with van der Waals surface area (Å²) in [5.41, 5.74) is 3.51. The number of aryl methyl sites for hydroxylation is 2. The van der Waals surface area contributed by atoms with Gasteiger partial charge in [-0.1, -0.05) is 6.07 Å². The first-order valence-corrected chi connectivity index (χ1v) is 6.97. The number of nitrogens with one attached hydrogen (secondary N) is 1. The second kappa shape index (κ2) is 5.64. The zero-order valence-corrected chi connectivity index (χ0v) is 12.1. The highest BCUT2D eigenvalue weighted by molar-refractivity contribution is 5.76. The van der Waals surface area contributed by atoms with Crippen LogP contribution in [0.4, 0.5) is 5.69 Å². The molecule has 0 unspecified atom stereocenters. The molecule has 1 aromatic rings. The Morgan fingerprint density at radius 1 is 1.26 bits per heavy atom.